The van der Waals surface area contributed by atoms with Gasteiger partial charge in [-0.15, -0.1) is 11.3 Å². The molecule has 0 spiro atoms. The van der Waals surface area contributed by atoms with Crippen molar-refractivity contribution in [1.29, 1.82) is 0 Å². The summed E-state index contributed by atoms with van der Waals surface area (Å²) < 4.78 is 28.0. The maximum Gasteiger partial charge on any atom is 0.145 e. The molecule has 2 aromatic rings. The Morgan fingerprint density at radius 3 is 2.65 bits per heavy atom. The second-order valence-corrected chi connectivity index (χ2v) is 5.33. The molecule has 1 nitrogen and oxygen atoms in total. The Morgan fingerprint density at radius 2 is 2.06 bits per heavy atom. The van der Waals surface area contributed by atoms with Crippen LogP contribution in [0.4, 0.5) is 8.78 Å². The van der Waals surface area contributed by atoms with Crippen molar-refractivity contribution in [3.63, 3.8) is 0 Å². The lowest BCUT2D eigenvalue weighted by molar-refractivity contribution is 0.521. The third kappa shape index (κ3) is 2.41. The smallest absolute Gasteiger partial charge is 0.145 e. The molecule has 0 aliphatic rings. The summed E-state index contributed by atoms with van der Waals surface area (Å²) in [4.78, 5) is 0.878. The highest BCUT2D eigenvalue weighted by molar-refractivity contribution is 9.10. The van der Waals surface area contributed by atoms with Gasteiger partial charge in [-0.05, 0) is 46.6 Å². The highest BCUT2D eigenvalue weighted by atomic mass is 79.9. The molecule has 0 bridgehead atoms. The van der Waals surface area contributed by atoms with Gasteiger partial charge in [0.05, 0.1) is 10.5 Å². The van der Waals surface area contributed by atoms with Crippen LogP contribution in [0.5, 0.6) is 0 Å². The maximum absolute atomic E-state index is 14.0. The van der Waals surface area contributed by atoms with Gasteiger partial charge in [0, 0.05) is 10.4 Å². The lowest BCUT2D eigenvalue weighted by Crippen LogP contribution is -2.19. The summed E-state index contributed by atoms with van der Waals surface area (Å²) in [5.41, 5.74) is 0.0457. The number of thiophene rings is 1. The molecule has 0 radical (unpaired) electrons. The van der Waals surface area contributed by atoms with Gasteiger partial charge < -0.3 is 5.32 Å². The fourth-order valence-electron chi connectivity index (χ4n) is 1.69. The molecule has 90 valence electrons. The van der Waals surface area contributed by atoms with Crippen molar-refractivity contribution in [1.82, 2.24) is 5.32 Å². The number of rotatable bonds is 3. The fourth-order valence-corrected chi connectivity index (χ4v) is 2.88. The molecule has 1 aromatic carbocycles. The highest BCUT2D eigenvalue weighted by Crippen LogP contribution is 2.32. The standard InChI is InChI=1S/C12H10BrF2NS/c1-16-12(9-3-2-6-17-9)10-8(14)5-4-7(13)11(10)15/h2-6,12,16H,1H3. The van der Waals surface area contributed by atoms with Gasteiger partial charge in [0.2, 0.25) is 0 Å². The van der Waals surface area contributed by atoms with Crippen LogP contribution >= 0.6 is 27.3 Å². The van der Waals surface area contributed by atoms with Crippen molar-refractivity contribution in [2.24, 2.45) is 0 Å². The van der Waals surface area contributed by atoms with Gasteiger partial charge in [-0.3, -0.25) is 0 Å². The Morgan fingerprint density at radius 1 is 1.29 bits per heavy atom. The second-order valence-electron chi connectivity index (χ2n) is 3.49. The van der Waals surface area contributed by atoms with E-state index in [2.05, 4.69) is 21.2 Å². The van der Waals surface area contributed by atoms with Gasteiger partial charge in [-0.1, -0.05) is 6.07 Å². The summed E-state index contributed by atoms with van der Waals surface area (Å²) in [7, 11) is 1.68. The van der Waals surface area contributed by atoms with Crippen molar-refractivity contribution in [3.8, 4) is 0 Å². The van der Waals surface area contributed by atoms with Crippen LogP contribution in [0.3, 0.4) is 0 Å². The molecule has 0 aliphatic heterocycles. The van der Waals surface area contributed by atoms with Crippen molar-refractivity contribution in [3.05, 3.63) is 56.2 Å². The van der Waals surface area contributed by atoms with Crippen LogP contribution in [-0.4, -0.2) is 7.05 Å². The zero-order valence-electron chi connectivity index (χ0n) is 9.01. The summed E-state index contributed by atoms with van der Waals surface area (Å²) in [6.45, 7) is 0. The van der Waals surface area contributed by atoms with E-state index in [1.165, 1.54) is 23.5 Å². The lowest BCUT2D eigenvalue weighted by Gasteiger charge is -2.17. The Balaban J connectivity index is 2.55. The number of halogens is 3. The molecule has 1 N–H and O–H groups in total. The molecular formula is C12H10BrF2NS. The van der Waals surface area contributed by atoms with Crippen LogP contribution in [0.15, 0.2) is 34.1 Å². The molecule has 0 aliphatic carbocycles. The first-order valence-electron chi connectivity index (χ1n) is 4.99. The average Bonchev–Trinajstić information content (AvgIpc) is 2.83. The van der Waals surface area contributed by atoms with Crippen LogP contribution < -0.4 is 5.32 Å². The second kappa shape index (κ2) is 5.25. The van der Waals surface area contributed by atoms with E-state index in [4.69, 9.17) is 0 Å². The molecule has 1 heterocycles. The zero-order chi connectivity index (χ0) is 12.4. The zero-order valence-corrected chi connectivity index (χ0v) is 11.4. The Labute approximate surface area is 111 Å². The van der Waals surface area contributed by atoms with Crippen LogP contribution in [0, 0.1) is 11.6 Å². The van der Waals surface area contributed by atoms with Gasteiger partial charge in [0.1, 0.15) is 11.6 Å². The Hall–Kier alpha value is -0.780. The monoisotopic (exact) mass is 317 g/mol. The predicted molar refractivity (Wildman–Crippen MR) is 69.3 cm³/mol. The van der Waals surface area contributed by atoms with E-state index < -0.39 is 17.7 Å². The van der Waals surface area contributed by atoms with Gasteiger partial charge >= 0.3 is 0 Å². The third-order valence-corrected chi connectivity index (χ3v) is 4.03. The number of benzene rings is 1. The van der Waals surface area contributed by atoms with E-state index in [9.17, 15) is 8.78 Å². The van der Waals surface area contributed by atoms with Crippen molar-refractivity contribution < 1.29 is 8.78 Å². The molecule has 0 saturated carbocycles. The van der Waals surface area contributed by atoms with E-state index in [1.54, 1.807) is 7.05 Å². The SMILES string of the molecule is CNC(c1cccs1)c1c(F)ccc(Br)c1F. The molecule has 2 rings (SSSR count). The van der Waals surface area contributed by atoms with E-state index in [0.717, 1.165) is 4.88 Å². The summed E-state index contributed by atoms with van der Waals surface area (Å²) >= 11 is 4.54. The van der Waals surface area contributed by atoms with E-state index in [1.807, 2.05) is 17.5 Å². The Kier molecular flexibility index (Phi) is 3.91. The van der Waals surface area contributed by atoms with Crippen LogP contribution in [-0.2, 0) is 0 Å². The van der Waals surface area contributed by atoms with Crippen molar-refractivity contribution >= 4 is 27.3 Å². The third-order valence-electron chi connectivity index (χ3n) is 2.48. The summed E-state index contributed by atoms with van der Waals surface area (Å²) in [6.07, 6.45) is 0. The molecule has 0 fully saturated rings. The van der Waals surface area contributed by atoms with Crippen molar-refractivity contribution in [2.45, 2.75) is 6.04 Å². The molecule has 0 saturated heterocycles. The number of hydrogen-bond donors (Lipinski definition) is 1. The molecule has 0 amide bonds. The summed E-state index contributed by atoms with van der Waals surface area (Å²) in [6, 6.07) is 5.88. The largest absolute Gasteiger partial charge is 0.308 e. The molecule has 17 heavy (non-hydrogen) atoms. The van der Waals surface area contributed by atoms with Crippen LogP contribution in [0.1, 0.15) is 16.5 Å². The molecule has 1 atom stereocenters. The van der Waals surface area contributed by atoms with E-state index in [0.29, 0.717) is 0 Å². The Bertz CT molecular complexity index is 513. The van der Waals surface area contributed by atoms with Crippen LogP contribution in [0.25, 0.3) is 0 Å². The summed E-state index contributed by atoms with van der Waals surface area (Å²) in [5.74, 6) is -1.10. The lowest BCUT2D eigenvalue weighted by atomic mass is 10.0. The molecule has 5 heteroatoms. The normalized spacial score (nSPS) is 12.7. The predicted octanol–water partition coefficient (Wildman–Crippen LogP) is 4.10. The maximum atomic E-state index is 14.0. The van der Waals surface area contributed by atoms with Gasteiger partial charge in [-0.2, -0.15) is 0 Å². The fraction of sp³-hybridized carbons (Fsp3) is 0.167. The van der Waals surface area contributed by atoms with E-state index in [-0.39, 0.29) is 10.0 Å². The quantitative estimate of drug-likeness (QED) is 0.840. The minimum atomic E-state index is -0.558. The molecule has 1 aromatic heterocycles. The molecule has 1 unspecified atom stereocenters. The summed E-state index contributed by atoms with van der Waals surface area (Å²) in [5, 5.41) is 4.82. The minimum absolute atomic E-state index is 0.0457. The van der Waals surface area contributed by atoms with E-state index >= 15 is 0 Å². The highest BCUT2D eigenvalue weighted by Gasteiger charge is 2.22. The first-order valence-corrected chi connectivity index (χ1v) is 6.66. The van der Waals surface area contributed by atoms with Gasteiger partial charge in [-0.25, -0.2) is 8.78 Å². The molecular weight excluding hydrogens is 308 g/mol. The van der Waals surface area contributed by atoms with Crippen LogP contribution in [0.2, 0.25) is 0 Å². The van der Waals surface area contributed by atoms with Gasteiger partial charge in [0.25, 0.3) is 0 Å². The van der Waals surface area contributed by atoms with Crippen molar-refractivity contribution in [2.75, 3.05) is 7.05 Å². The number of nitrogens with one attached hydrogen (secondary N) is 1. The topological polar surface area (TPSA) is 12.0 Å². The number of hydrogen-bond acceptors (Lipinski definition) is 2. The first kappa shape index (κ1) is 12.7. The average molecular weight is 318 g/mol. The van der Waals surface area contributed by atoms with Gasteiger partial charge in [0.15, 0.2) is 0 Å². The first-order chi connectivity index (χ1) is 8.15. The minimum Gasteiger partial charge on any atom is -0.308 e.